The van der Waals surface area contributed by atoms with Crippen LogP contribution in [-0.2, 0) is 0 Å². The van der Waals surface area contributed by atoms with Crippen molar-refractivity contribution >= 4 is 5.91 Å². The summed E-state index contributed by atoms with van der Waals surface area (Å²) < 4.78 is 5.44. The van der Waals surface area contributed by atoms with Crippen LogP contribution in [0.1, 0.15) is 53.1 Å². The second-order valence-electron chi connectivity index (χ2n) is 4.61. The van der Waals surface area contributed by atoms with Gasteiger partial charge in [0.1, 0.15) is 11.5 Å². The molecule has 1 aromatic heterocycles. The number of aliphatic hydroxyl groups is 1. The number of furan rings is 1. The minimum Gasteiger partial charge on any atom is -0.466 e. The molecule has 0 saturated carbocycles. The van der Waals surface area contributed by atoms with E-state index in [9.17, 15) is 4.79 Å². The molecule has 2 N–H and O–H groups in total. The Balaban J connectivity index is 2.37. The number of hydrogen-bond donors (Lipinski definition) is 2. The van der Waals surface area contributed by atoms with E-state index in [0.29, 0.717) is 17.9 Å². The third-order valence-corrected chi connectivity index (χ3v) is 3.16. The van der Waals surface area contributed by atoms with Gasteiger partial charge in [-0.3, -0.25) is 4.79 Å². The number of amides is 1. The van der Waals surface area contributed by atoms with E-state index in [4.69, 9.17) is 9.52 Å². The molecule has 0 atom stereocenters. The van der Waals surface area contributed by atoms with Gasteiger partial charge in [0.25, 0.3) is 5.91 Å². The number of unbranched alkanes of at least 4 members (excludes halogenated alkanes) is 3. The van der Waals surface area contributed by atoms with E-state index in [-0.39, 0.29) is 12.5 Å². The second kappa shape index (κ2) is 7.21. The molecule has 0 bridgehead atoms. The highest BCUT2D eigenvalue weighted by Crippen LogP contribution is 2.20. The Morgan fingerprint density at radius 1 is 1.11 bits per heavy atom. The number of aliphatic hydroxyl groups excluding tert-OH is 1. The quantitative estimate of drug-likeness (QED) is 0.734. The van der Waals surface area contributed by atoms with Crippen LogP contribution in [0.25, 0.3) is 0 Å². The van der Waals surface area contributed by atoms with Crippen molar-refractivity contribution in [3.63, 3.8) is 0 Å². The second-order valence-corrected chi connectivity index (χ2v) is 4.61. The van der Waals surface area contributed by atoms with Gasteiger partial charge in [0.2, 0.25) is 0 Å². The monoisotopic (exact) mass is 253 g/mol. The van der Waals surface area contributed by atoms with Crippen LogP contribution in [0.5, 0.6) is 0 Å². The molecule has 0 fully saturated rings. The molecule has 18 heavy (non-hydrogen) atoms. The van der Waals surface area contributed by atoms with Gasteiger partial charge in [-0.05, 0) is 33.6 Å². The van der Waals surface area contributed by atoms with Gasteiger partial charge in [0, 0.05) is 18.7 Å². The molecule has 1 rings (SSSR count). The molecule has 0 saturated heterocycles. The fourth-order valence-corrected chi connectivity index (χ4v) is 2.01. The predicted molar refractivity (Wildman–Crippen MR) is 70.8 cm³/mol. The molecule has 0 unspecified atom stereocenters. The van der Waals surface area contributed by atoms with Gasteiger partial charge in [-0.25, -0.2) is 0 Å². The van der Waals surface area contributed by atoms with E-state index in [1.165, 1.54) is 0 Å². The highest BCUT2D eigenvalue weighted by molar-refractivity contribution is 5.96. The van der Waals surface area contributed by atoms with Crippen LogP contribution < -0.4 is 5.32 Å². The van der Waals surface area contributed by atoms with E-state index in [2.05, 4.69) is 5.32 Å². The van der Waals surface area contributed by atoms with Crippen LogP contribution in [0, 0.1) is 20.8 Å². The highest BCUT2D eigenvalue weighted by Gasteiger charge is 2.17. The molecule has 4 nitrogen and oxygen atoms in total. The SMILES string of the molecule is Cc1oc(C)c(C(=O)NCCCCCCO)c1C. The maximum atomic E-state index is 12.0. The Hall–Kier alpha value is -1.29. The highest BCUT2D eigenvalue weighted by atomic mass is 16.3. The molecule has 1 amide bonds. The molecule has 0 spiro atoms. The molecule has 4 heteroatoms. The van der Waals surface area contributed by atoms with Gasteiger partial charge in [-0.15, -0.1) is 0 Å². The normalized spacial score (nSPS) is 10.7. The van der Waals surface area contributed by atoms with E-state index < -0.39 is 0 Å². The van der Waals surface area contributed by atoms with Gasteiger partial charge in [0.15, 0.2) is 0 Å². The van der Waals surface area contributed by atoms with Crippen molar-refractivity contribution in [2.45, 2.75) is 46.5 Å². The van der Waals surface area contributed by atoms with E-state index in [1.807, 2.05) is 20.8 Å². The number of nitrogens with one attached hydrogen (secondary N) is 1. The van der Waals surface area contributed by atoms with E-state index >= 15 is 0 Å². The van der Waals surface area contributed by atoms with Crippen LogP contribution in [0.2, 0.25) is 0 Å². The Kier molecular flexibility index (Phi) is 5.92. The van der Waals surface area contributed by atoms with E-state index in [0.717, 1.165) is 37.0 Å². The van der Waals surface area contributed by atoms with Crippen LogP contribution in [0.15, 0.2) is 4.42 Å². The number of rotatable bonds is 7. The fraction of sp³-hybridized carbons (Fsp3) is 0.643. The predicted octanol–water partition coefficient (Wildman–Crippen LogP) is 2.49. The Labute approximate surface area is 108 Å². The van der Waals surface area contributed by atoms with E-state index in [1.54, 1.807) is 0 Å². The summed E-state index contributed by atoms with van der Waals surface area (Å²) in [4.78, 5) is 12.0. The van der Waals surface area contributed by atoms with Crippen molar-refractivity contribution in [2.75, 3.05) is 13.2 Å². The zero-order valence-electron chi connectivity index (χ0n) is 11.5. The Morgan fingerprint density at radius 2 is 1.78 bits per heavy atom. The number of aryl methyl sites for hydroxylation is 2. The van der Waals surface area contributed by atoms with Crippen LogP contribution in [-0.4, -0.2) is 24.2 Å². The van der Waals surface area contributed by atoms with Gasteiger partial charge >= 0.3 is 0 Å². The summed E-state index contributed by atoms with van der Waals surface area (Å²) in [6.07, 6.45) is 3.83. The summed E-state index contributed by atoms with van der Waals surface area (Å²) >= 11 is 0. The van der Waals surface area contributed by atoms with Crippen molar-refractivity contribution in [2.24, 2.45) is 0 Å². The molecule has 102 valence electrons. The summed E-state index contributed by atoms with van der Waals surface area (Å²) in [6.45, 7) is 6.51. The lowest BCUT2D eigenvalue weighted by molar-refractivity contribution is 0.0951. The summed E-state index contributed by atoms with van der Waals surface area (Å²) in [5.74, 6) is 1.44. The summed E-state index contributed by atoms with van der Waals surface area (Å²) in [5, 5.41) is 11.6. The molecular formula is C14H23NO3. The maximum Gasteiger partial charge on any atom is 0.255 e. The first-order valence-electron chi connectivity index (χ1n) is 6.53. The number of carbonyl (C=O) groups excluding carboxylic acids is 1. The first-order valence-corrected chi connectivity index (χ1v) is 6.53. The molecule has 0 aliphatic heterocycles. The molecule has 0 aromatic carbocycles. The smallest absolute Gasteiger partial charge is 0.255 e. The molecule has 0 radical (unpaired) electrons. The van der Waals surface area contributed by atoms with Crippen molar-refractivity contribution in [3.8, 4) is 0 Å². The zero-order chi connectivity index (χ0) is 13.5. The van der Waals surface area contributed by atoms with Crippen molar-refractivity contribution in [3.05, 3.63) is 22.6 Å². The Morgan fingerprint density at radius 3 is 2.33 bits per heavy atom. The molecule has 1 aromatic rings. The van der Waals surface area contributed by atoms with Crippen molar-refractivity contribution in [1.29, 1.82) is 0 Å². The van der Waals surface area contributed by atoms with Gasteiger partial charge in [-0.1, -0.05) is 12.8 Å². The minimum atomic E-state index is -0.0518. The lowest BCUT2D eigenvalue weighted by atomic mass is 10.1. The van der Waals surface area contributed by atoms with Gasteiger partial charge < -0.3 is 14.8 Å². The summed E-state index contributed by atoms with van der Waals surface area (Å²) in [7, 11) is 0. The minimum absolute atomic E-state index is 0.0518. The van der Waals surface area contributed by atoms with Crippen molar-refractivity contribution < 1.29 is 14.3 Å². The first-order chi connectivity index (χ1) is 8.57. The van der Waals surface area contributed by atoms with Crippen LogP contribution in [0.4, 0.5) is 0 Å². The number of carbonyl (C=O) groups is 1. The molecule has 0 aliphatic carbocycles. The number of hydrogen-bond acceptors (Lipinski definition) is 3. The third-order valence-electron chi connectivity index (χ3n) is 3.16. The average Bonchev–Trinajstić information content (AvgIpc) is 2.58. The lowest BCUT2D eigenvalue weighted by Crippen LogP contribution is -2.25. The van der Waals surface area contributed by atoms with Gasteiger partial charge in [-0.2, -0.15) is 0 Å². The summed E-state index contributed by atoms with van der Waals surface area (Å²) in [6, 6.07) is 0. The molecule has 1 heterocycles. The summed E-state index contributed by atoms with van der Waals surface area (Å²) in [5.41, 5.74) is 1.59. The van der Waals surface area contributed by atoms with Crippen LogP contribution >= 0.6 is 0 Å². The van der Waals surface area contributed by atoms with Crippen molar-refractivity contribution in [1.82, 2.24) is 5.32 Å². The standard InChI is InChI=1S/C14H23NO3/c1-10-11(2)18-12(3)13(10)14(17)15-8-6-4-5-7-9-16/h16H,4-9H2,1-3H3,(H,15,17). The Bertz CT molecular complexity index is 396. The topological polar surface area (TPSA) is 62.5 Å². The first kappa shape index (κ1) is 14.8. The largest absolute Gasteiger partial charge is 0.466 e. The van der Waals surface area contributed by atoms with Crippen LogP contribution in [0.3, 0.4) is 0 Å². The zero-order valence-corrected chi connectivity index (χ0v) is 11.5. The fourth-order valence-electron chi connectivity index (χ4n) is 2.01. The molecular weight excluding hydrogens is 230 g/mol. The van der Waals surface area contributed by atoms with Gasteiger partial charge in [0.05, 0.1) is 5.56 Å². The third kappa shape index (κ3) is 3.88. The lowest BCUT2D eigenvalue weighted by Gasteiger charge is -2.05. The maximum absolute atomic E-state index is 12.0. The molecule has 0 aliphatic rings. The average molecular weight is 253 g/mol.